The number of amides is 1. The average Bonchev–Trinajstić information content (AvgIpc) is 3.74. The molecular formula is C28H17BrN4O5S. The van der Waals surface area contributed by atoms with Gasteiger partial charge in [0.1, 0.15) is 11.4 Å². The molecule has 0 radical (unpaired) electrons. The van der Waals surface area contributed by atoms with Crippen LogP contribution in [0.2, 0.25) is 0 Å². The van der Waals surface area contributed by atoms with Crippen molar-refractivity contribution in [2.75, 3.05) is 11.9 Å². The van der Waals surface area contributed by atoms with Crippen LogP contribution in [0, 0.1) is 0 Å². The number of esters is 1. The number of thiazole rings is 1. The van der Waals surface area contributed by atoms with E-state index in [4.69, 9.17) is 13.6 Å². The highest BCUT2D eigenvalue weighted by molar-refractivity contribution is 9.10. The number of carbonyl (C=O) groups is 2. The van der Waals surface area contributed by atoms with Gasteiger partial charge in [0.05, 0.1) is 34.8 Å². The molecule has 0 unspecified atom stereocenters. The van der Waals surface area contributed by atoms with E-state index in [0.29, 0.717) is 39.1 Å². The Hall–Kier alpha value is -4.61. The molecule has 0 aliphatic rings. The van der Waals surface area contributed by atoms with Crippen LogP contribution in [0.15, 0.2) is 97.9 Å². The van der Waals surface area contributed by atoms with Gasteiger partial charge in [-0.25, -0.2) is 19.7 Å². The molecule has 0 aliphatic heterocycles. The lowest BCUT2D eigenvalue weighted by Crippen LogP contribution is -2.20. The van der Waals surface area contributed by atoms with E-state index in [1.807, 2.05) is 29.6 Å². The maximum absolute atomic E-state index is 12.7. The number of halogens is 1. The lowest BCUT2D eigenvalue weighted by atomic mass is 10.1. The van der Waals surface area contributed by atoms with Gasteiger partial charge in [-0.2, -0.15) is 0 Å². The summed E-state index contributed by atoms with van der Waals surface area (Å²) in [6.07, 6.45) is 3.09. The summed E-state index contributed by atoms with van der Waals surface area (Å²) in [5.74, 6) is -0.123. The van der Waals surface area contributed by atoms with Crippen molar-refractivity contribution in [2.45, 2.75) is 0 Å². The fraction of sp³-hybridized carbons (Fsp3) is 0.0357. The molecule has 1 N–H and O–H groups in total. The zero-order valence-corrected chi connectivity index (χ0v) is 22.4. The van der Waals surface area contributed by atoms with Gasteiger partial charge in [-0.15, -0.1) is 11.3 Å². The quantitative estimate of drug-likeness (QED) is 0.198. The second kappa shape index (κ2) is 10.6. The van der Waals surface area contributed by atoms with Crippen molar-refractivity contribution >= 4 is 55.3 Å². The fourth-order valence-electron chi connectivity index (χ4n) is 3.81. The largest absolute Gasteiger partial charge is 0.463 e. The Morgan fingerprint density at radius 2 is 1.56 bits per heavy atom. The number of hydrogen-bond donors (Lipinski definition) is 1. The summed E-state index contributed by atoms with van der Waals surface area (Å²) < 4.78 is 17.3. The maximum atomic E-state index is 12.7. The van der Waals surface area contributed by atoms with Crippen LogP contribution in [0.1, 0.15) is 10.4 Å². The summed E-state index contributed by atoms with van der Waals surface area (Å²) in [5.41, 5.74) is 3.88. The summed E-state index contributed by atoms with van der Waals surface area (Å²) in [4.78, 5) is 38.9. The number of ether oxygens (including phenoxy) is 1. The van der Waals surface area contributed by atoms with Gasteiger partial charge >= 0.3 is 5.97 Å². The number of aromatic nitrogens is 3. The lowest BCUT2D eigenvalue weighted by Gasteiger charge is -2.08. The van der Waals surface area contributed by atoms with Crippen LogP contribution in [-0.4, -0.2) is 33.4 Å². The molecule has 4 aromatic heterocycles. The SMILES string of the molecule is O=C(COC(=O)c1ccc2nc(-c3ccco3)c(-c3ccco3)nc2c1)Nc1nc(-c2ccc(Br)cc2)cs1. The van der Waals surface area contributed by atoms with E-state index < -0.39 is 18.5 Å². The minimum atomic E-state index is -0.668. The molecule has 0 fully saturated rings. The molecule has 39 heavy (non-hydrogen) atoms. The van der Waals surface area contributed by atoms with E-state index in [1.54, 1.807) is 55.0 Å². The first-order valence-electron chi connectivity index (χ1n) is 11.6. The van der Waals surface area contributed by atoms with Gasteiger partial charge in [-0.3, -0.25) is 10.1 Å². The van der Waals surface area contributed by atoms with Crippen LogP contribution in [0.3, 0.4) is 0 Å². The van der Waals surface area contributed by atoms with E-state index in [0.717, 1.165) is 15.7 Å². The Morgan fingerprint density at radius 3 is 2.23 bits per heavy atom. The number of nitrogens with zero attached hydrogens (tertiary/aromatic N) is 3. The highest BCUT2D eigenvalue weighted by atomic mass is 79.9. The van der Waals surface area contributed by atoms with Crippen LogP contribution in [0.5, 0.6) is 0 Å². The van der Waals surface area contributed by atoms with Gasteiger partial charge in [0.2, 0.25) is 0 Å². The zero-order chi connectivity index (χ0) is 26.8. The molecule has 6 rings (SSSR count). The molecule has 0 aliphatic carbocycles. The Kier molecular flexibility index (Phi) is 6.74. The number of benzene rings is 2. The molecule has 192 valence electrons. The molecule has 9 nitrogen and oxygen atoms in total. The Bertz CT molecular complexity index is 1780. The third-order valence-corrected chi connectivity index (χ3v) is 6.92. The van der Waals surface area contributed by atoms with Crippen LogP contribution in [0.4, 0.5) is 5.13 Å². The molecule has 1 amide bonds. The van der Waals surface area contributed by atoms with Crippen LogP contribution in [-0.2, 0) is 9.53 Å². The first-order valence-corrected chi connectivity index (χ1v) is 13.3. The van der Waals surface area contributed by atoms with Crippen molar-refractivity contribution in [1.82, 2.24) is 15.0 Å². The first-order chi connectivity index (χ1) is 19.0. The number of rotatable bonds is 7. The number of hydrogen-bond acceptors (Lipinski definition) is 9. The predicted octanol–water partition coefficient (Wildman–Crippen LogP) is 6.83. The molecule has 6 aromatic rings. The van der Waals surface area contributed by atoms with E-state index in [1.165, 1.54) is 11.3 Å². The Morgan fingerprint density at radius 1 is 0.872 bits per heavy atom. The third-order valence-electron chi connectivity index (χ3n) is 5.63. The molecule has 0 saturated heterocycles. The zero-order valence-electron chi connectivity index (χ0n) is 20.0. The van der Waals surface area contributed by atoms with Gasteiger partial charge in [0.15, 0.2) is 23.3 Å². The molecule has 2 aromatic carbocycles. The molecule has 0 atom stereocenters. The highest BCUT2D eigenvalue weighted by Crippen LogP contribution is 2.32. The average molecular weight is 601 g/mol. The van der Waals surface area contributed by atoms with Crippen molar-refractivity contribution in [2.24, 2.45) is 0 Å². The van der Waals surface area contributed by atoms with Crippen LogP contribution in [0.25, 0.3) is 45.2 Å². The van der Waals surface area contributed by atoms with Crippen molar-refractivity contribution in [3.63, 3.8) is 0 Å². The van der Waals surface area contributed by atoms with Crippen molar-refractivity contribution in [3.8, 4) is 34.2 Å². The van der Waals surface area contributed by atoms with Gasteiger partial charge in [-0.05, 0) is 54.6 Å². The van der Waals surface area contributed by atoms with Crippen molar-refractivity contribution in [3.05, 3.63) is 94.7 Å². The van der Waals surface area contributed by atoms with E-state index in [-0.39, 0.29) is 5.56 Å². The smallest absolute Gasteiger partial charge is 0.338 e. The van der Waals surface area contributed by atoms with Crippen LogP contribution < -0.4 is 5.32 Å². The summed E-state index contributed by atoms with van der Waals surface area (Å²) >= 11 is 4.69. The number of furan rings is 2. The number of fused-ring (bicyclic) bond motifs is 1. The van der Waals surface area contributed by atoms with Crippen LogP contribution >= 0.6 is 27.3 Å². The normalized spacial score (nSPS) is 11.0. The monoisotopic (exact) mass is 600 g/mol. The topological polar surface area (TPSA) is 120 Å². The van der Waals surface area contributed by atoms with Gasteiger partial charge in [0, 0.05) is 15.4 Å². The molecule has 0 spiro atoms. The number of nitrogens with one attached hydrogen (secondary N) is 1. The minimum Gasteiger partial charge on any atom is -0.463 e. The number of anilines is 1. The van der Waals surface area contributed by atoms with Gasteiger partial charge in [-0.1, -0.05) is 28.1 Å². The molecule has 4 heterocycles. The minimum absolute atomic E-state index is 0.229. The second-order valence-corrected chi connectivity index (χ2v) is 10.0. The second-order valence-electron chi connectivity index (χ2n) is 8.25. The van der Waals surface area contributed by atoms with Crippen molar-refractivity contribution in [1.29, 1.82) is 0 Å². The summed E-state index contributed by atoms with van der Waals surface area (Å²) in [6.45, 7) is -0.467. The predicted molar refractivity (Wildman–Crippen MR) is 149 cm³/mol. The Labute approximate surface area is 233 Å². The molecule has 11 heteroatoms. The van der Waals surface area contributed by atoms with E-state index >= 15 is 0 Å². The van der Waals surface area contributed by atoms with E-state index in [2.05, 4.69) is 36.2 Å². The van der Waals surface area contributed by atoms with E-state index in [9.17, 15) is 9.59 Å². The van der Waals surface area contributed by atoms with Gasteiger partial charge < -0.3 is 13.6 Å². The van der Waals surface area contributed by atoms with Crippen molar-refractivity contribution < 1.29 is 23.2 Å². The molecular weight excluding hydrogens is 584 g/mol. The maximum Gasteiger partial charge on any atom is 0.338 e. The summed E-state index contributed by atoms with van der Waals surface area (Å²) in [7, 11) is 0. The Balaban J connectivity index is 1.15. The highest BCUT2D eigenvalue weighted by Gasteiger charge is 2.19. The van der Waals surface area contributed by atoms with Gasteiger partial charge in [0.25, 0.3) is 5.91 Å². The third kappa shape index (κ3) is 5.35. The summed E-state index contributed by atoms with van der Waals surface area (Å²) in [6, 6.07) is 19.5. The lowest BCUT2D eigenvalue weighted by molar-refractivity contribution is -0.119. The summed E-state index contributed by atoms with van der Waals surface area (Å²) in [5, 5.41) is 4.92. The number of carbonyl (C=O) groups excluding carboxylic acids is 2. The fourth-order valence-corrected chi connectivity index (χ4v) is 4.81. The molecule has 0 bridgehead atoms. The standard InChI is InChI=1S/C28H17BrN4O5S/c29-18-8-5-16(6-9-18)21-15-39-28(32-21)33-24(34)14-38-27(35)17-7-10-19-20(13-17)31-26(23-4-2-12-37-23)25(30-19)22-3-1-11-36-22/h1-13,15H,14H2,(H,32,33,34). The molecule has 0 saturated carbocycles. The first kappa shape index (κ1) is 24.7.